The zero-order valence-corrected chi connectivity index (χ0v) is 23.7. The molecule has 0 N–H and O–H groups in total. The van der Waals surface area contributed by atoms with Gasteiger partial charge in [0.25, 0.3) is 12.5 Å². The number of hydrogen-bond acceptors (Lipinski definition) is 4. The second-order valence-electron chi connectivity index (χ2n) is 7.83. The zero-order chi connectivity index (χ0) is 29.0. The van der Waals surface area contributed by atoms with Crippen molar-refractivity contribution in [1.29, 1.82) is 10.5 Å². The van der Waals surface area contributed by atoms with Crippen molar-refractivity contribution in [1.82, 2.24) is 0 Å². The van der Waals surface area contributed by atoms with Crippen molar-refractivity contribution in [3.8, 4) is 12.5 Å². The maximum atomic E-state index is 7.40. The van der Waals surface area contributed by atoms with Gasteiger partial charge in [-0.1, -0.05) is 162 Å². The highest BCUT2D eigenvalue weighted by atomic mass is 16.5. The Morgan fingerprint density at radius 1 is 0.475 bits per heavy atom. The number of benzene rings is 5. The predicted octanol–water partition coefficient (Wildman–Crippen LogP) is 10.2. The van der Waals surface area contributed by atoms with Gasteiger partial charge in [0.15, 0.2) is 0 Å². The first-order chi connectivity index (χ1) is 19.1. The van der Waals surface area contributed by atoms with E-state index in [4.69, 9.17) is 10.5 Å². The molecule has 0 heterocycles. The van der Waals surface area contributed by atoms with Gasteiger partial charge in [0.2, 0.25) is 0 Å². The van der Waals surface area contributed by atoms with Gasteiger partial charge >= 0.3 is 0 Å². The summed E-state index contributed by atoms with van der Waals surface area (Å²) in [6.45, 7) is 6.41. The van der Waals surface area contributed by atoms with Crippen LogP contribution in [0.15, 0.2) is 127 Å². The smallest absolute Gasteiger partial charge is 0.286 e. The largest absolute Gasteiger partial charge is 0.431 e. The number of rotatable bonds is 1. The molecule has 4 heteroatoms. The minimum Gasteiger partial charge on any atom is -0.431 e. The van der Waals surface area contributed by atoms with Gasteiger partial charge < -0.3 is 9.47 Å². The number of fused-ring (bicyclic) bond motifs is 2. The van der Waals surface area contributed by atoms with Crippen LogP contribution < -0.4 is 0 Å². The third-order valence-electron chi connectivity index (χ3n) is 4.75. The summed E-state index contributed by atoms with van der Waals surface area (Å²) in [5, 5.41) is 20.0. The van der Waals surface area contributed by atoms with Gasteiger partial charge in [0.1, 0.15) is 0 Å². The van der Waals surface area contributed by atoms with Crippen molar-refractivity contribution in [2.45, 2.75) is 41.0 Å². The first-order valence-corrected chi connectivity index (χ1v) is 12.9. The number of methoxy groups -OCH3 is 2. The van der Waals surface area contributed by atoms with Crippen LogP contribution in [0.5, 0.6) is 0 Å². The third kappa shape index (κ3) is 18.4. The highest BCUT2D eigenvalue weighted by molar-refractivity contribution is 5.82. The van der Waals surface area contributed by atoms with Crippen molar-refractivity contribution in [3.05, 3.63) is 133 Å². The topological polar surface area (TPSA) is 66.0 Å². The number of nitrogens with zero attached hydrogens (tertiary/aromatic N) is 2. The van der Waals surface area contributed by atoms with E-state index in [1.54, 1.807) is 0 Å². The summed E-state index contributed by atoms with van der Waals surface area (Å²) in [4.78, 5) is 0. The maximum Gasteiger partial charge on any atom is 0.286 e. The molecule has 5 rings (SSSR count). The van der Waals surface area contributed by atoms with Gasteiger partial charge in [0.05, 0.1) is 14.2 Å². The van der Waals surface area contributed by atoms with Gasteiger partial charge in [-0.05, 0) is 33.5 Å². The Balaban J connectivity index is 0. The quantitative estimate of drug-likeness (QED) is 0.200. The summed E-state index contributed by atoms with van der Waals surface area (Å²) in [6.07, 6.45) is 5.25. The molecule has 4 nitrogen and oxygen atoms in total. The molecule has 40 heavy (non-hydrogen) atoms. The van der Waals surface area contributed by atoms with Gasteiger partial charge in [-0.3, -0.25) is 0 Å². The SMILES string of the molecule is C.CCC.CCc1ccccc1.COC#N.COC#N.c1ccc2ccccc2c1.c1ccc2ccccc2c1. The lowest BCUT2D eigenvalue weighted by atomic mass is 10.1. The van der Waals surface area contributed by atoms with Gasteiger partial charge in [-0.2, -0.15) is 10.5 Å². The van der Waals surface area contributed by atoms with E-state index < -0.39 is 0 Å². The zero-order valence-electron chi connectivity index (χ0n) is 23.7. The van der Waals surface area contributed by atoms with Crippen molar-refractivity contribution in [2.24, 2.45) is 0 Å². The Labute approximate surface area is 242 Å². The molecule has 0 saturated carbocycles. The number of nitriles is 2. The number of ether oxygens (including phenoxy) is 2. The monoisotopic (exact) mass is 536 g/mol. The van der Waals surface area contributed by atoms with Gasteiger partial charge in [0, 0.05) is 0 Å². The van der Waals surface area contributed by atoms with E-state index in [1.165, 1.54) is 60.3 Å². The fourth-order valence-corrected chi connectivity index (χ4v) is 2.98. The van der Waals surface area contributed by atoms with Crippen LogP contribution in [0.2, 0.25) is 0 Å². The fraction of sp³-hybridized carbons (Fsp3) is 0.222. The van der Waals surface area contributed by atoms with Crippen molar-refractivity contribution in [3.63, 3.8) is 0 Å². The summed E-state index contributed by atoms with van der Waals surface area (Å²) >= 11 is 0. The molecule has 0 aromatic heterocycles. The van der Waals surface area contributed by atoms with Crippen LogP contribution in [0.3, 0.4) is 0 Å². The Bertz CT molecular complexity index is 1120. The first-order valence-electron chi connectivity index (χ1n) is 12.9. The molecule has 0 bridgehead atoms. The Kier molecular flexibility index (Phi) is 25.4. The molecule has 0 aliphatic rings. The van der Waals surface area contributed by atoms with E-state index in [9.17, 15) is 0 Å². The fourth-order valence-electron chi connectivity index (χ4n) is 2.98. The van der Waals surface area contributed by atoms with Crippen LogP contribution >= 0.6 is 0 Å². The predicted molar refractivity (Wildman–Crippen MR) is 172 cm³/mol. The lowest BCUT2D eigenvalue weighted by Gasteiger charge is -1.92. The molecule has 0 fully saturated rings. The second-order valence-corrected chi connectivity index (χ2v) is 7.83. The van der Waals surface area contributed by atoms with E-state index in [2.05, 4.69) is 152 Å². The Morgan fingerprint density at radius 3 is 0.825 bits per heavy atom. The number of hydrogen-bond donors (Lipinski definition) is 0. The lowest BCUT2D eigenvalue weighted by Crippen LogP contribution is -1.73. The molecule has 0 aliphatic carbocycles. The van der Waals surface area contributed by atoms with Crippen molar-refractivity contribution >= 4 is 21.5 Å². The van der Waals surface area contributed by atoms with Gasteiger partial charge in [-0.15, -0.1) is 0 Å². The standard InChI is InChI=1S/2C10H8.C8H10.C3H8.2C2H3NO.CH4/c2*1-2-6-10-8-4-3-7-9(10)5-1;1-2-8-6-4-3-5-7-8;1-3-2;2*1-4-2-3;/h2*1-8H;3-7H,2H2,1H3;3H2,1-2H3;2*1H3;1H4. The molecule has 0 saturated heterocycles. The molecule has 210 valence electrons. The molecule has 0 radical (unpaired) electrons. The van der Waals surface area contributed by atoms with Crippen LogP contribution in [0.25, 0.3) is 21.5 Å². The molecule has 0 unspecified atom stereocenters. The van der Waals surface area contributed by atoms with Crippen molar-refractivity contribution < 1.29 is 9.47 Å². The van der Waals surface area contributed by atoms with Gasteiger partial charge in [-0.25, -0.2) is 0 Å². The summed E-state index contributed by atoms with van der Waals surface area (Å²) < 4.78 is 7.69. The summed E-state index contributed by atoms with van der Waals surface area (Å²) in [7, 11) is 2.64. The summed E-state index contributed by atoms with van der Waals surface area (Å²) in [6, 6.07) is 43.9. The normalized spacial score (nSPS) is 8.07. The van der Waals surface area contributed by atoms with Crippen LogP contribution in [0, 0.1) is 23.0 Å². The maximum absolute atomic E-state index is 7.40. The first kappa shape index (κ1) is 37.4. The highest BCUT2D eigenvalue weighted by Gasteiger charge is 1.86. The van der Waals surface area contributed by atoms with Crippen LogP contribution in [-0.4, -0.2) is 14.2 Å². The van der Waals surface area contributed by atoms with E-state index in [-0.39, 0.29) is 7.43 Å². The average Bonchev–Trinajstić information content (AvgIpc) is 3.03. The average molecular weight is 537 g/mol. The molecular formula is C36H44N2O2. The summed E-state index contributed by atoms with van der Waals surface area (Å²) in [5.74, 6) is 0. The lowest BCUT2D eigenvalue weighted by molar-refractivity contribution is 0.362. The molecule has 5 aromatic carbocycles. The number of aryl methyl sites for hydroxylation is 1. The van der Waals surface area contributed by atoms with E-state index in [0.717, 1.165) is 6.42 Å². The molecule has 0 spiro atoms. The third-order valence-corrected chi connectivity index (χ3v) is 4.75. The summed E-state index contributed by atoms with van der Waals surface area (Å²) in [5.41, 5.74) is 1.41. The van der Waals surface area contributed by atoms with E-state index in [1.807, 2.05) is 6.07 Å². The molecule has 5 aromatic rings. The molecule has 0 amide bonds. The molecule has 0 aliphatic heterocycles. The van der Waals surface area contributed by atoms with Crippen LogP contribution in [0.1, 0.15) is 40.2 Å². The minimum atomic E-state index is 0. The molecule has 0 atom stereocenters. The minimum absolute atomic E-state index is 0. The van der Waals surface area contributed by atoms with E-state index in [0.29, 0.717) is 0 Å². The second kappa shape index (κ2) is 27.2. The van der Waals surface area contributed by atoms with Crippen molar-refractivity contribution in [2.75, 3.05) is 14.2 Å². The van der Waals surface area contributed by atoms with E-state index >= 15 is 0 Å². The Morgan fingerprint density at radius 2 is 0.675 bits per heavy atom. The molecular weight excluding hydrogens is 492 g/mol. The van der Waals surface area contributed by atoms with Crippen LogP contribution in [-0.2, 0) is 15.9 Å². The Hall–Kier alpha value is -4.80. The van der Waals surface area contributed by atoms with Crippen LogP contribution in [0.4, 0.5) is 0 Å². The highest BCUT2D eigenvalue weighted by Crippen LogP contribution is 2.12.